The molecule has 0 fully saturated rings. The van der Waals surface area contributed by atoms with Crippen LogP contribution in [-0.4, -0.2) is 5.91 Å². The molecule has 1 aliphatic carbocycles. The fraction of sp³-hybridized carbons (Fsp3) is 0.133. The number of hydrogen-bond acceptors (Lipinski definition) is 2. The maximum absolute atomic E-state index is 13.6. The van der Waals surface area contributed by atoms with E-state index >= 15 is 0 Å². The third-order valence-corrected chi connectivity index (χ3v) is 3.50. The molecule has 0 radical (unpaired) electrons. The highest BCUT2D eigenvalue weighted by Gasteiger charge is 2.32. The van der Waals surface area contributed by atoms with Gasteiger partial charge in [-0.15, -0.1) is 0 Å². The Balaban J connectivity index is 1.82. The molecule has 20 heavy (non-hydrogen) atoms. The minimum absolute atomic E-state index is 0.122. The van der Waals surface area contributed by atoms with E-state index in [2.05, 4.69) is 5.32 Å². The molecule has 0 saturated heterocycles. The van der Waals surface area contributed by atoms with Crippen LogP contribution in [0.5, 0.6) is 0 Å². The average Bonchev–Trinajstić information content (AvgIpc) is 2.35. The zero-order chi connectivity index (χ0) is 14.3. The van der Waals surface area contributed by atoms with Crippen LogP contribution < -0.4 is 11.1 Å². The molecular weight excluding hydrogens is 262 g/mol. The van der Waals surface area contributed by atoms with Crippen molar-refractivity contribution in [2.75, 3.05) is 11.1 Å². The molecular formula is C15H12F2N2O. The van der Waals surface area contributed by atoms with Crippen LogP contribution in [0.3, 0.4) is 0 Å². The van der Waals surface area contributed by atoms with Gasteiger partial charge in [-0.05, 0) is 23.6 Å². The predicted octanol–water partition coefficient (Wildman–Crippen LogP) is 2.83. The molecule has 0 heterocycles. The molecule has 5 heteroatoms. The topological polar surface area (TPSA) is 55.1 Å². The smallest absolute Gasteiger partial charge is 0.232 e. The highest BCUT2D eigenvalue weighted by atomic mass is 19.1. The van der Waals surface area contributed by atoms with Crippen LogP contribution in [0, 0.1) is 11.6 Å². The predicted molar refractivity (Wildman–Crippen MR) is 72.3 cm³/mol. The monoisotopic (exact) mass is 274 g/mol. The van der Waals surface area contributed by atoms with Crippen LogP contribution in [-0.2, 0) is 11.2 Å². The summed E-state index contributed by atoms with van der Waals surface area (Å²) < 4.78 is 26.6. The van der Waals surface area contributed by atoms with Gasteiger partial charge in [-0.25, -0.2) is 8.78 Å². The number of nitrogens with two attached hydrogens (primary N) is 1. The van der Waals surface area contributed by atoms with Crippen LogP contribution in [0.25, 0.3) is 0 Å². The number of anilines is 2. The number of nitrogens with one attached hydrogen (secondary N) is 1. The van der Waals surface area contributed by atoms with Gasteiger partial charge in [0, 0.05) is 6.07 Å². The van der Waals surface area contributed by atoms with Gasteiger partial charge in [0.25, 0.3) is 0 Å². The first-order valence-corrected chi connectivity index (χ1v) is 6.19. The van der Waals surface area contributed by atoms with Gasteiger partial charge in [0.05, 0.1) is 11.6 Å². The lowest BCUT2D eigenvalue weighted by Gasteiger charge is -2.29. The number of carbonyl (C=O) groups is 1. The van der Waals surface area contributed by atoms with Gasteiger partial charge in [-0.1, -0.05) is 24.3 Å². The van der Waals surface area contributed by atoms with Crippen molar-refractivity contribution in [2.24, 2.45) is 0 Å². The molecule has 3 nitrogen and oxygen atoms in total. The van der Waals surface area contributed by atoms with Gasteiger partial charge in [-0.3, -0.25) is 4.79 Å². The molecule has 0 aromatic heterocycles. The summed E-state index contributed by atoms with van der Waals surface area (Å²) in [6, 6.07) is 9.25. The Labute approximate surface area is 114 Å². The molecule has 0 bridgehead atoms. The first kappa shape index (κ1) is 12.6. The minimum atomic E-state index is -0.872. The van der Waals surface area contributed by atoms with Crippen molar-refractivity contribution in [2.45, 2.75) is 12.3 Å². The molecule has 2 aromatic carbocycles. The number of amides is 1. The molecule has 1 amide bonds. The minimum Gasteiger partial charge on any atom is -0.397 e. The fourth-order valence-corrected chi connectivity index (χ4v) is 2.43. The van der Waals surface area contributed by atoms with E-state index in [-0.39, 0.29) is 23.2 Å². The second-order valence-corrected chi connectivity index (χ2v) is 4.80. The third-order valence-electron chi connectivity index (χ3n) is 3.50. The standard InChI is InChI=1S/C15H12F2N2O/c16-9-6-12(17)14(13(18)7-9)19-15(20)11-5-8-3-1-2-4-10(8)11/h1-4,6-7,11H,5,18H2,(H,19,20). The summed E-state index contributed by atoms with van der Waals surface area (Å²) in [5, 5.41) is 2.44. The third kappa shape index (κ3) is 2.01. The van der Waals surface area contributed by atoms with Crippen molar-refractivity contribution in [1.29, 1.82) is 0 Å². The SMILES string of the molecule is Nc1cc(F)cc(F)c1NC(=O)C1Cc2ccccc21. The molecule has 0 spiro atoms. The van der Waals surface area contributed by atoms with Gasteiger partial charge in [0.2, 0.25) is 5.91 Å². The number of benzene rings is 2. The summed E-state index contributed by atoms with van der Waals surface area (Å²) in [7, 11) is 0. The zero-order valence-electron chi connectivity index (χ0n) is 10.5. The zero-order valence-corrected chi connectivity index (χ0v) is 10.5. The first-order chi connectivity index (χ1) is 9.56. The van der Waals surface area contributed by atoms with Crippen molar-refractivity contribution >= 4 is 17.3 Å². The molecule has 3 N–H and O–H groups in total. The Hall–Kier alpha value is -2.43. The second-order valence-electron chi connectivity index (χ2n) is 4.80. The van der Waals surface area contributed by atoms with Gasteiger partial charge in [-0.2, -0.15) is 0 Å². The Morgan fingerprint density at radius 3 is 2.70 bits per heavy atom. The average molecular weight is 274 g/mol. The largest absolute Gasteiger partial charge is 0.397 e. The van der Waals surface area contributed by atoms with Crippen molar-refractivity contribution < 1.29 is 13.6 Å². The van der Waals surface area contributed by atoms with Crippen LogP contribution >= 0.6 is 0 Å². The summed E-state index contributed by atoms with van der Waals surface area (Å²) in [6.45, 7) is 0. The Kier molecular flexibility index (Phi) is 2.89. The lowest BCUT2D eigenvalue weighted by atomic mass is 9.77. The van der Waals surface area contributed by atoms with Gasteiger partial charge < -0.3 is 11.1 Å². The van der Waals surface area contributed by atoms with Crippen LogP contribution in [0.4, 0.5) is 20.2 Å². The number of halogens is 2. The van der Waals surface area contributed by atoms with E-state index in [1.165, 1.54) is 0 Å². The van der Waals surface area contributed by atoms with Crippen LogP contribution in [0.1, 0.15) is 17.0 Å². The van der Waals surface area contributed by atoms with E-state index in [0.717, 1.165) is 17.2 Å². The summed E-state index contributed by atoms with van der Waals surface area (Å²) in [6.07, 6.45) is 0.616. The number of carbonyl (C=O) groups excluding carboxylic acids is 1. The summed E-state index contributed by atoms with van der Waals surface area (Å²) in [5.74, 6) is -2.29. The molecule has 1 unspecified atom stereocenters. The summed E-state index contributed by atoms with van der Waals surface area (Å²) in [5.41, 5.74) is 7.29. The van der Waals surface area contributed by atoms with E-state index in [1.54, 1.807) is 0 Å². The number of hydrogen-bond donors (Lipinski definition) is 2. The maximum Gasteiger partial charge on any atom is 0.232 e. The lowest BCUT2D eigenvalue weighted by Crippen LogP contribution is -2.30. The quantitative estimate of drug-likeness (QED) is 0.827. The van der Waals surface area contributed by atoms with Gasteiger partial charge >= 0.3 is 0 Å². The van der Waals surface area contributed by atoms with Crippen LogP contribution in [0.2, 0.25) is 0 Å². The Bertz CT molecular complexity index is 677. The Morgan fingerprint density at radius 1 is 1.25 bits per heavy atom. The number of nitrogen functional groups attached to an aromatic ring is 1. The summed E-state index contributed by atoms with van der Waals surface area (Å²) >= 11 is 0. The number of fused-ring (bicyclic) bond motifs is 1. The van der Waals surface area contributed by atoms with E-state index in [1.807, 2.05) is 24.3 Å². The Morgan fingerprint density at radius 2 is 2.00 bits per heavy atom. The lowest BCUT2D eigenvalue weighted by molar-refractivity contribution is -0.118. The van der Waals surface area contributed by atoms with E-state index in [0.29, 0.717) is 12.5 Å². The van der Waals surface area contributed by atoms with E-state index in [9.17, 15) is 13.6 Å². The first-order valence-electron chi connectivity index (χ1n) is 6.19. The van der Waals surface area contributed by atoms with Crippen molar-refractivity contribution in [3.63, 3.8) is 0 Å². The molecule has 0 saturated carbocycles. The fourth-order valence-electron chi connectivity index (χ4n) is 2.43. The van der Waals surface area contributed by atoms with Crippen molar-refractivity contribution in [3.8, 4) is 0 Å². The highest BCUT2D eigenvalue weighted by molar-refractivity contribution is 5.99. The molecule has 1 aliphatic rings. The van der Waals surface area contributed by atoms with Gasteiger partial charge in [0.15, 0.2) is 5.82 Å². The second kappa shape index (κ2) is 4.59. The molecule has 3 rings (SSSR count). The van der Waals surface area contributed by atoms with E-state index in [4.69, 9.17) is 5.73 Å². The molecule has 2 aromatic rings. The molecule has 1 atom stereocenters. The van der Waals surface area contributed by atoms with Gasteiger partial charge in [0.1, 0.15) is 11.5 Å². The van der Waals surface area contributed by atoms with E-state index < -0.39 is 11.6 Å². The highest BCUT2D eigenvalue weighted by Crippen LogP contribution is 2.36. The summed E-state index contributed by atoms with van der Waals surface area (Å²) in [4.78, 5) is 12.1. The van der Waals surface area contributed by atoms with Crippen molar-refractivity contribution in [3.05, 3.63) is 59.2 Å². The molecule has 102 valence electrons. The van der Waals surface area contributed by atoms with Crippen LogP contribution in [0.15, 0.2) is 36.4 Å². The number of rotatable bonds is 2. The van der Waals surface area contributed by atoms with Crippen molar-refractivity contribution in [1.82, 2.24) is 0 Å². The normalized spacial score (nSPS) is 16.2. The molecule has 0 aliphatic heterocycles. The maximum atomic E-state index is 13.6.